The van der Waals surface area contributed by atoms with E-state index in [1.807, 2.05) is 19.1 Å². The lowest BCUT2D eigenvalue weighted by Crippen LogP contribution is -2.55. The van der Waals surface area contributed by atoms with Gasteiger partial charge < -0.3 is 24.7 Å². The van der Waals surface area contributed by atoms with Crippen LogP contribution in [-0.2, 0) is 6.42 Å². The Hall–Kier alpha value is -5.49. The number of hydrogen-bond acceptors (Lipinski definition) is 10. The molecule has 4 aromatic carbocycles. The lowest BCUT2D eigenvalue weighted by Gasteiger charge is -2.44. The van der Waals surface area contributed by atoms with Crippen molar-refractivity contribution in [3.8, 4) is 16.5 Å². The van der Waals surface area contributed by atoms with Crippen LogP contribution < -0.4 is 14.5 Å². The van der Waals surface area contributed by atoms with Gasteiger partial charge in [0.15, 0.2) is 5.82 Å². The summed E-state index contributed by atoms with van der Waals surface area (Å²) in [5.41, 5.74) is 11.2. The van der Waals surface area contributed by atoms with Gasteiger partial charge in [-0.25, -0.2) is 0 Å². The van der Waals surface area contributed by atoms with Gasteiger partial charge in [0.25, 0.3) is 0 Å². The standard InChI is InChI=1S/C51H57N7O3S/c1-32-34(3)62-50-46(32)48(52-33(2)49-54-53-35(4)58(49)50)37-11-14-39(15-12-37)56-23-21-51(60,22-24-56)31-55-25-27-57(28-26-55)40-16-19-44(45(30-40)61-5)47-42(36-9-7-6-8-10-36)18-13-38-29-41(59)17-20-43(38)47/h6-12,14-17,19-20,29-30,33,42,47,59-60H,13,18,21-28,31H2,1-5H3/t33-,42+,47-/m0/s1. The Morgan fingerprint density at radius 3 is 2.26 bits per heavy atom. The van der Waals surface area contributed by atoms with Crippen molar-refractivity contribution in [3.05, 3.63) is 146 Å². The Balaban J connectivity index is 0.779. The maximum absolute atomic E-state index is 11.9. The van der Waals surface area contributed by atoms with E-state index in [1.165, 1.54) is 49.6 Å². The predicted molar refractivity (Wildman–Crippen MR) is 249 cm³/mol. The number of aromatic hydroxyl groups is 1. The number of benzene rings is 4. The van der Waals surface area contributed by atoms with Crippen LogP contribution in [0.4, 0.5) is 11.4 Å². The van der Waals surface area contributed by atoms with Crippen molar-refractivity contribution >= 4 is 28.4 Å². The number of thiophene rings is 1. The van der Waals surface area contributed by atoms with Crippen LogP contribution in [0.25, 0.3) is 5.00 Å². The Labute approximate surface area is 369 Å². The molecule has 2 N–H and O–H groups in total. The maximum atomic E-state index is 11.9. The smallest absolute Gasteiger partial charge is 0.162 e. The quantitative estimate of drug-likeness (QED) is 0.157. The summed E-state index contributed by atoms with van der Waals surface area (Å²) in [5.74, 6) is 3.43. The molecule has 4 aliphatic rings. The van der Waals surface area contributed by atoms with Gasteiger partial charge in [0.1, 0.15) is 28.4 Å². The Morgan fingerprint density at radius 1 is 0.806 bits per heavy atom. The van der Waals surface area contributed by atoms with Crippen LogP contribution in [0.2, 0.25) is 0 Å². The summed E-state index contributed by atoms with van der Waals surface area (Å²) >= 11 is 1.79. The summed E-state index contributed by atoms with van der Waals surface area (Å²) in [7, 11) is 1.78. The minimum atomic E-state index is -0.709. The molecule has 5 heterocycles. The van der Waals surface area contributed by atoms with Crippen LogP contribution in [-0.4, -0.2) is 94.1 Å². The highest BCUT2D eigenvalue weighted by Gasteiger charge is 2.37. The number of piperidine rings is 1. The van der Waals surface area contributed by atoms with Gasteiger partial charge in [-0.1, -0.05) is 54.6 Å². The van der Waals surface area contributed by atoms with Crippen molar-refractivity contribution in [1.29, 1.82) is 0 Å². The van der Waals surface area contributed by atoms with E-state index >= 15 is 0 Å². The number of aromatic nitrogens is 3. The van der Waals surface area contributed by atoms with E-state index in [-0.39, 0.29) is 12.0 Å². The molecule has 0 unspecified atom stereocenters. The number of aliphatic hydroxyl groups is 1. The molecule has 0 bridgehead atoms. The lowest BCUT2D eigenvalue weighted by atomic mass is 9.69. The molecule has 1 aliphatic carbocycles. The molecule has 0 radical (unpaired) electrons. The zero-order valence-corrected chi connectivity index (χ0v) is 37.3. The summed E-state index contributed by atoms with van der Waals surface area (Å²) in [6.07, 6.45) is 3.42. The lowest BCUT2D eigenvalue weighted by molar-refractivity contribution is -0.0173. The van der Waals surface area contributed by atoms with Crippen molar-refractivity contribution < 1.29 is 14.9 Å². The number of anilines is 2. The molecule has 2 fully saturated rings. The fourth-order valence-corrected chi connectivity index (χ4v) is 11.8. The molecular weight excluding hydrogens is 791 g/mol. The number of hydrogen-bond donors (Lipinski definition) is 2. The van der Waals surface area contributed by atoms with E-state index in [9.17, 15) is 10.2 Å². The number of piperazine rings is 1. The summed E-state index contributed by atoms with van der Waals surface area (Å²) in [6, 6.07) is 32.2. The predicted octanol–water partition coefficient (Wildman–Crippen LogP) is 8.90. The molecule has 0 amide bonds. The molecule has 320 valence electrons. The van der Waals surface area contributed by atoms with Crippen LogP contribution in [0.1, 0.15) is 99.5 Å². The van der Waals surface area contributed by atoms with Gasteiger partial charge in [0.2, 0.25) is 0 Å². The van der Waals surface area contributed by atoms with Crippen molar-refractivity contribution in [2.75, 3.05) is 62.7 Å². The van der Waals surface area contributed by atoms with Crippen LogP contribution in [0.3, 0.4) is 0 Å². The van der Waals surface area contributed by atoms with Crippen molar-refractivity contribution in [3.63, 3.8) is 0 Å². The van der Waals surface area contributed by atoms with Crippen molar-refractivity contribution in [1.82, 2.24) is 19.7 Å². The molecule has 11 heteroatoms. The Kier molecular flexibility index (Phi) is 10.7. The van der Waals surface area contributed by atoms with E-state index in [2.05, 4.69) is 129 Å². The topological polar surface area (TPSA) is 102 Å². The minimum absolute atomic E-state index is 0.111. The fourth-order valence-electron chi connectivity index (χ4n) is 10.6. The zero-order chi connectivity index (χ0) is 42.7. The van der Waals surface area contributed by atoms with Crippen molar-refractivity contribution in [2.24, 2.45) is 4.99 Å². The second-order valence-corrected chi connectivity index (χ2v) is 19.1. The number of ether oxygens (including phenoxy) is 1. The van der Waals surface area contributed by atoms with E-state index in [0.29, 0.717) is 18.2 Å². The van der Waals surface area contributed by atoms with Gasteiger partial charge in [-0.2, -0.15) is 0 Å². The number of methoxy groups -OCH3 is 1. The normalized spacial score (nSPS) is 21.1. The first kappa shape index (κ1) is 40.6. The Morgan fingerprint density at radius 2 is 1.52 bits per heavy atom. The van der Waals surface area contributed by atoms with Crippen LogP contribution in [0.15, 0.2) is 96.0 Å². The summed E-state index contributed by atoms with van der Waals surface area (Å²) in [5, 5.41) is 32.3. The number of phenolic OH excluding ortho intramolecular Hbond substituents is 1. The second-order valence-electron chi connectivity index (χ2n) is 17.9. The van der Waals surface area contributed by atoms with Gasteiger partial charge in [0, 0.05) is 90.7 Å². The summed E-state index contributed by atoms with van der Waals surface area (Å²) in [6.45, 7) is 14.4. The molecule has 2 aromatic heterocycles. The molecule has 0 saturated carbocycles. The molecule has 10 rings (SSSR count). The Bertz CT molecular complexity index is 2620. The van der Waals surface area contributed by atoms with E-state index in [1.54, 1.807) is 18.4 Å². The van der Waals surface area contributed by atoms with E-state index in [0.717, 1.165) is 98.6 Å². The third kappa shape index (κ3) is 7.37. The zero-order valence-electron chi connectivity index (χ0n) is 36.5. The minimum Gasteiger partial charge on any atom is -0.508 e. The fraction of sp³-hybridized carbons (Fsp3) is 0.392. The third-order valence-corrected chi connectivity index (χ3v) is 15.4. The largest absolute Gasteiger partial charge is 0.508 e. The number of aryl methyl sites for hydroxylation is 3. The molecular formula is C51H57N7O3S. The first-order chi connectivity index (χ1) is 30.1. The molecule has 2 saturated heterocycles. The van der Waals surface area contributed by atoms with E-state index < -0.39 is 5.60 Å². The maximum Gasteiger partial charge on any atom is 0.162 e. The van der Waals surface area contributed by atoms with Crippen LogP contribution >= 0.6 is 11.3 Å². The molecule has 6 aromatic rings. The third-order valence-electron chi connectivity index (χ3n) is 14.2. The molecule has 3 atom stereocenters. The highest BCUT2D eigenvalue weighted by Crippen LogP contribution is 2.50. The van der Waals surface area contributed by atoms with Crippen molar-refractivity contribution in [2.45, 2.75) is 76.9 Å². The summed E-state index contributed by atoms with van der Waals surface area (Å²) < 4.78 is 8.35. The van der Waals surface area contributed by atoms with Crippen LogP contribution in [0, 0.1) is 20.8 Å². The first-order valence-corrected chi connectivity index (χ1v) is 23.1. The van der Waals surface area contributed by atoms with Gasteiger partial charge in [0.05, 0.1) is 18.4 Å². The van der Waals surface area contributed by atoms with Gasteiger partial charge in [-0.05, 0) is 112 Å². The number of aliphatic imine (C=N–C) groups is 1. The van der Waals surface area contributed by atoms with Gasteiger partial charge >= 0.3 is 0 Å². The average Bonchev–Trinajstić information content (AvgIpc) is 3.78. The second kappa shape index (κ2) is 16.3. The van der Waals surface area contributed by atoms with E-state index in [4.69, 9.17) is 9.73 Å². The number of nitrogens with zero attached hydrogens (tertiary/aromatic N) is 7. The molecule has 62 heavy (non-hydrogen) atoms. The SMILES string of the molecule is COc1cc(N2CCN(CC3(O)CCN(c4ccc(C5=N[C@@H](C)c6nnc(C)n6-c6sc(C)c(C)c65)cc4)CC3)CC2)ccc1[C@@H]1c2ccc(O)cc2CC[C@@H]1c1ccccc1. The average molecular weight is 848 g/mol. The summed E-state index contributed by atoms with van der Waals surface area (Å²) in [4.78, 5) is 13.8. The highest BCUT2D eigenvalue weighted by molar-refractivity contribution is 7.15. The monoisotopic (exact) mass is 847 g/mol. The number of phenols is 1. The van der Waals surface area contributed by atoms with Crippen LogP contribution in [0.5, 0.6) is 11.5 Å². The number of fused-ring (bicyclic) bond motifs is 4. The number of β-amino-alcohol motifs (C(OH)–C–C–N with tert-alkyl or cyclic N) is 1. The first-order valence-electron chi connectivity index (χ1n) is 22.3. The van der Waals surface area contributed by atoms with Gasteiger partial charge in [-0.15, -0.1) is 21.5 Å². The highest BCUT2D eigenvalue weighted by atomic mass is 32.1. The van der Waals surface area contributed by atoms with Gasteiger partial charge in [-0.3, -0.25) is 14.5 Å². The molecule has 10 nitrogen and oxygen atoms in total. The number of rotatable bonds is 8. The molecule has 0 spiro atoms. The molecule has 3 aliphatic heterocycles.